The third kappa shape index (κ3) is 4.44. The highest BCUT2D eigenvalue weighted by Gasteiger charge is 2.17. The Morgan fingerprint density at radius 1 is 1.12 bits per heavy atom. The van der Waals surface area contributed by atoms with E-state index in [0.717, 1.165) is 5.75 Å². The van der Waals surface area contributed by atoms with Crippen LogP contribution in [-0.2, 0) is 5.75 Å². The van der Waals surface area contributed by atoms with Crippen molar-refractivity contribution in [2.75, 3.05) is 0 Å². The molecular formula is C17H14Cl2N2O2S. The number of hydrogen-bond acceptors (Lipinski definition) is 5. The lowest BCUT2D eigenvalue weighted by Crippen LogP contribution is -2.03. The van der Waals surface area contributed by atoms with Crippen molar-refractivity contribution in [2.24, 2.45) is 0 Å². The Hall–Kier alpha value is -1.69. The molecule has 0 aliphatic heterocycles. The summed E-state index contributed by atoms with van der Waals surface area (Å²) in [7, 11) is 0. The Morgan fingerprint density at radius 2 is 1.92 bits per heavy atom. The minimum Gasteiger partial charge on any atom is -0.479 e. The molecule has 0 aliphatic rings. The van der Waals surface area contributed by atoms with Gasteiger partial charge in [-0.2, -0.15) is 0 Å². The molecule has 0 saturated carbocycles. The van der Waals surface area contributed by atoms with Gasteiger partial charge in [0.2, 0.25) is 0 Å². The van der Waals surface area contributed by atoms with Crippen LogP contribution in [0.4, 0.5) is 0 Å². The van der Waals surface area contributed by atoms with E-state index in [2.05, 4.69) is 22.3 Å². The molecule has 0 bridgehead atoms. The molecular weight excluding hydrogens is 367 g/mol. The van der Waals surface area contributed by atoms with Gasteiger partial charge in [-0.05, 0) is 30.7 Å². The van der Waals surface area contributed by atoms with Crippen LogP contribution < -0.4 is 4.74 Å². The van der Waals surface area contributed by atoms with Gasteiger partial charge in [0.05, 0.1) is 5.02 Å². The second-order valence-corrected chi connectivity index (χ2v) is 6.79. The molecule has 3 rings (SSSR count). The van der Waals surface area contributed by atoms with E-state index >= 15 is 0 Å². The second kappa shape index (κ2) is 7.92. The van der Waals surface area contributed by atoms with E-state index in [-0.39, 0.29) is 0 Å². The van der Waals surface area contributed by atoms with Crippen molar-refractivity contribution in [3.05, 3.63) is 70.0 Å². The van der Waals surface area contributed by atoms with Crippen LogP contribution >= 0.6 is 35.0 Å². The number of rotatable bonds is 6. The molecule has 0 unspecified atom stereocenters. The second-order valence-electron chi connectivity index (χ2n) is 5.02. The standard InChI is InChI=1S/C17H14Cl2N2O2S/c1-11(22-15-8-7-13(18)9-14(15)19)16-20-21-17(23-16)24-10-12-5-3-2-4-6-12/h2-9,11H,10H2,1H3/t11-/m0/s1. The Bertz CT molecular complexity index is 811. The highest BCUT2D eigenvalue weighted by Crippen LogP contribution is 2.31. The first-order valence-corrected chi connectivity index (χ1v) is 8.98. The lowest BCUT2D eigenvalue weighted by molar-refractivity contribution is 0.182. The molecule has 7 heteroatoms. The topological polar surface area (TPSA) is 48.2 Å². The Balaban J connectivity index is 1.62. The van der Waals surface area contributed by atoms with Crippen LogP contribution in [0.15, 0.2) is 58.2 Å². The maximum atomic E-state index is 6.10. The number of thioether (sulfide) groups is 1. The zero-order valence-corrected chi connectivity index (χ0v) is 15.1. The van der Waals surface area contributed by atoms with Crippen LogP contribution in [-0.4, -0.2) is 10.2 Å². The average Bonchev–Trinajstić information content (AvgIpc) is 3.05. The lowest BCUT2D eigenvalue weighted by Gasteiger charge is -2.12. The third-order valence-electron chi connectivity index (χ3n) is 3.17. The number of nitrogens with zero attached hydrogens (tertiary/aromatic N) is 2. The Kier molecular flexibility index (Phi) is 5.66. The molecule has 0 amide bonds. The first-order chi connectivity index (χ1) is 11.6. The molecule has 3 aromatic rings. The molecule has 1 aromatic heterocycles. The maximum absolute atomic E-state index is 6.10. The van der Waals surface area contributed by atoms with Gasteiger partial charge in [0.1, 0.15) is 5.75 Å². The van der Waals surface area contributed by atoms with E-state index in [1.54, 1.807) is 18.2 Å². The van der Waals surface area contributed by atoms with Gasteiger partial charge >= 0.3 is 0 Å². The fraction of sp³-hybridized carbons (Fsp3) is 0.176. The van der Waals surface area contributed by atoms with Gasteiger partial charge in [-0.1, -0.05) is 65.3 Å². The summed E-state index contributed by atoms with van der Waals surface area (Å²) in [6.07, 6.45) is -0.415. The molecule has 24 heavy (non-hydrogen) atoms. The number of ether oxygens (including phenoxy) is 1. The molecule has 0 fully saturated rings. The van der Waals surface area contributed by atoms with E-state index in [9.17, 15) is 0 Å². The summed E-state index contributed by atoms with van der Waals surface area (Å²) in [4.78, 5) is 0. The molecule has 0 N–H and O–H groups in total. The number of halogens is 2. The first kappa shape index (κ1) is 17.1. The van der Waals surface area contributed by atoms with Gasteiger partial charge in [0.15, 0.2) is 6.10 Å². The molecule has 0 spiro atoms. The van der Waals surface area contributed by atoms with Crippen LogP contribution in [0.2, 0.25) is 10.0 Å². The molecule has 0 saturated heterocycles. The molecule has 1 heterocycles. The van der Waals surface area contributed by atoms with Crippen LogP contribution in [0.25, 0.3) is 0 Å². The van der Waals surface area contributed by atoms with Crippen molar-refractivity contribution in [3.63, 3.8) is 0 Å². The van der Waals surface area contributed by atoms with Crippen molar-refractivity contribution in [3.8, 4) is 5.75 Å². The zero-order chi connectivity index (χ0) is 16.9. The fourth-order valence-corrected chi connectivity index (χ4v) is 3.15. The van der Waals surface area contributed by atoms with Crippen LogP contribution in [0.1, 0.15) is 24.5 Å². The molecule has 2 aromatic carbocycles. The summed E-state index contributed by atoms with van der Waals surface area (Å²) in [5.74, 6) is 1.68. The summed E-state index contributed by atoms with van der Waals surface area (Å²) in [6, 6.07) is 15.1. The number of hydrogen-bond donors (Lipinski definition) is 0. The molecule has 4 nitrogen and oxygen atoms in total. The predicted octanol–water partition coefficient (Wildman–Crippen LogP) is 5.81. The largest absolute Gasteiger partial charge is 0.479 e. The van der Waals surface area contributed by atoms with Crippen LogP contribution in [0, 0.1) is 0 Å². The SMILES string of the molecule is C[C@H](Oc1ccc(Cl)cc1Cl)c1nnc(SCc2ccccc2)o1. The molecule has 124 valence electrons. The van der Waals surface area contributed by atoms with E-state index in [1.165, 1.54) is 17.3 Å². The van der Waals surface area contributed by atoms with Crippen LogP contribution in [0.5, 0.6) is 5.75 Å². The van der Waals surface area contributed by atoms with E-state index in [4.69, 9.17) is 32.4 Å². The first-order valence-electron chi connectivity index (χ1n) is 7.23. The molecule has 0 aliphatic carbocycles. The maximum Gasteiger partial charge on any atom is 0.277 e. The van der Waals surface area contributed by atoms with Crippen molar-refractivity contribution >= 4 is 35.0 Å². The third-order valence-corrected chi connectivity index (χ3v) is 4.59. The van der Waals surface area contributed by atoms with Crippen molar-refractivity contribution < 1.29 is 9.15 Å². The van der Waals surface area contributed by atoms with Gasteiger partial charge in [0.25, 0.3) is 11.1 Å². The Morgan fingerprint density at radius 3 is 2.67 bits per heavy atom. The smallest absolute Gasteiger partial charge is 0.277 e. The highest BCUT2D eigenvalue weighted by atomic mass is 35.5. The monoisotopic (exact) mass is 380 g/mol. The van der Waals surface area contributed by atoms with Crippen molar-refractivity contribution in [1.29, 1.82) is 0 Å². The van der Waals surface area contributed by atoms with E-state index < -0.39 is 6.10 Å². The summed E-state index contributed by atoms with van der Waals surface area (Å²) in [5.41, 5.74) is 1.19. The quantitative estimate of drug-likeness (QED) is 0.505. The van der Waals surface area contributed by atoms with Gasteiger partial charge in [-0.25, -0.2) is 0 Å². The summed E-state index contributed by atoms with van der Waals surface area (Å²) >= 11 is 13.5. The van der Waals surface area contributed by atoms with Gasteiger partial charge in [-0.15, -0.1) is 10.2 Å². The normalized spacial score (nSPS) is 12.1. The fourth-order valence-electron chi connectivity index (χ4n) is 1.97. The summed E-state index contributed by atoms with van der Waals surface area (Å²) < 4.78 is 11.4. The van der Waals surface area contributed by atoms with Gasteiger partial charge in [-0.3, -0.25) is 0 Å². The number of aromatic nitrogens is 2. The molecule has 0 radical (unpaired) electrons. The number of benzene rings is 2. The molecule has 1 atom stereocenters. The zero-order valence-electron chi connectivity index (χ0n) is 12.8. The van der Waals surface area contributed by atoms with E-state index in [0.29, 0.717) is 26.9 Å². The van der Waals surface area contributed by atoms with Crippen molar-refractivity contribution in [2.45, 2.75) is 24.0 Å². The Labute approximate surface area is 154 Å². The van der Waals surface area contributed by atoms with Gasteiger partial charge in [0, 0.05) is 10.8 Å². The van der Waals surface area contributed by atoms with Gasteiger partial charge < -0.3 is 9.15 Å². The predicted molar refractivity (Wildman–Crippen MR) is 95.8 cm³/mol. The summed E-state index contributed by atoms with van der Waals surface area (Å²) in [5, 5.41) is 9.58. The lowest BCUT2D eigenvalue weighted by atomic mass is 10.2. The van der Waals surface area contributed by atoms with Crippen LogP contribution in [0.3, 0.4) is 0 Å². The van der Waals surface area contributed by atoms with E-state index in [1.807, 2.05) is 25.1 Å². The minimum absolute atomic E-state index is 0.400. The minimum atomic E-state index is -0.415. The van der Waals surface area contributed by atoms with Crippen molar-refractivity contribution in [1.82, 2.24) is 10.2 Å². The average molecular weight is 381 g/mol. The highest BCUT2D eigenvalue weighted by molar-refractivity contribution is 7.98. The summed E-state index contributed by atoms with van der Waals surface area (Å²) in [6.45, 7) is 1.82.